The molecular formula is C17H18ClNO2. The summed E-state index contributed by atoms with van der Waals surface area (Å²) >= 11 is 5.94. The third-order valence-electron chi connectivity index (χ3n) is 3.60. The van der Waals surface area contributed by atoms with Crippen LogP contribution in [0.25, 0.3) is 0 Å². The molecule has 0 amide bonds. The molecule has 0 fully saturated rings. The summed E-state index contributed by atoms with van der Waals surface area (Å²) in [5.74, 6) is 1.65. The molecule has 0 bridgehead atoms. The maximum Gasteiger partial charge on any atom is 0.231 e. The van der Waals surface area contributed by atoms with Crippen molar-refractivity contribution < 1.29 is 9.47 Å². The van der Waals surface area contributed by atoms with Gasteiger partial charge in [0.2, 0.25) is 6.79 Å². The first-order valence-corrected chi connectivity index (χ1v) is 7.51. The smallest absolute Gasteiger partial charge is 0.231 e. The summed E-state index contributed by atoms with van der Waals surface area (Å²) in [7, 11) is 0. The van der Waals surface area contributed by atoms with Crippen molar-refractivity contribution in [2.24, 2.45) is 0 Å². The van der Waals surface area contributed by atoms with E-state index in [1.54, 1.807) is 0 Å². The van der Waals surface area contributed by atoms with Crippen LogP contribution in [0.15, 0.2) is 42.5 Å². The number of hydrogen-bond acceptors (Lipinski definition) is 3. The van der Waals surface area contributed by atoms with Crippen LogP contribution in [0.4, 0.5) is 0 Å². The van der Waals surface area contributed by atoms with E-state index in [2.05, 4.69) is 36.5 Å². The quantitative estimate of drug-likeness (QED) is 0.907. The molecule has 2 aromatic carbocycles. The van der Waals surface area contributed by atoms with Crippen molar-refractivity contribution in [3.8, 4) is 11.5 Å². The van der Waals surface area contributed by atoms with Crippen LogP contribution in [0.5, 0.6) is 11.5 Å². The van der Waals surface area contributed by atoms with Crippen LogP contribution in [-0.4, -0.2) is 13.3 Å². The molecule has 1 heterocycles. The Kier molecular flexibility index (Phi) is 4.32. The Morgan fingerprint density at radius 1 is 1.10 bits per heavy atom. The molecule has 110 valence electrons. The van der Waals surface area contributed by atoms with Crippen molar-refractivity contribution in [1.29, 1.82) is 0 Å². The molecule has 0 saturated heterocycles. The van der Waals surface area contributed by atoms with Gasteiger partial charge in [-0.1, -0.05) is 36.7 Å². The van der Waals surface area contributed by atoms with Gasteiger partial charge >= 0.3 is 0 Å². The maximum atomic E-state index is 5.94. The fraction of sp³-hybridized carbons (Fsp3) is 0.294. The van der Waals surface area contributed by atoms with Gasteiger partial charge in [0.25, 0.3) is 0 Å². The van der Waals surface area contributed by atoms with Crippen LogP contribution in [0, 0.1) is 0 Å². The van der Waals surface area contributed by atoms with Gasteiger partial charge in [0.15, 0.2) is 11.5 Å². The number of halogens is 1. The Bertz CT molecular complexity index is 613. The van der Waals surface area contributed by atoms with E-state index in [-0.39, 0.29) is 6.04 Å². The zero-order valence-electron chi connectivity index (χ0n) is 11.9. The van der Waals surface area contributed by atoms with Crippen molar-refractivity contribution in [2.75, 3.05) is 13.3 Å². The molecular weight excluding hydrogens is 286 g/mol. The van der Waals surface area contributed by atoms with E-state index in [0.717, 1.165) is 29.5 Å². The van der Waals surface area contributed by atoms with Gasteiger partial charge in [0.05, 0.1) is 0 Å². The summed E-state index contributed by atoms with van der Waals surface area (Å²) < 4.78 is 10.8. The summed E-state index contributed by atoms with van der Waals surface area (Å²) in [6, 6.07) is 14.4. The fourth-order valence-corrected chi connectivity index (χ4v) is 2.67. The lowest BCUT2D eigenvalue weighted by atomic mass is 9.98. The Morgan fingerprint density at radius 3 is 2.62 bits per heavy atom. The molecule has 1 atom stereocenters. The van der Waals surface area contributed by atoms with Crippen molar-refractivity contribution in [2.45, 2.75) is 19.4 Å². The Labute approximate surface area is 129 Å². The summed E-state index contributed by atoms with van der Waals surface area (Å²) in [4.78, 5) is 0. The first kappa shape index (κ1) is 14.2. The molecule has 3 nitrogen and oxygen atoms in total. The number of benzene rings is 2. The molecule has 4 heteroatoms. The van der Waals surface area contributed by atoms with Crippen LogP contribution in [0.2, 0.25) is 5.02 Å². The van der Waals surface area contributed by atoms with Crippen molar-refractivity contribution in [3.63, 3.8) is 0 Å². The van der Waals surface area contributed by atoms with Gasteiger partial charge in [0, 0.05) is 11.1 Å². The molecule has 2 aromatic rings. The van der Waals surface area contributed by atoms with E-state index in [4.69, 9.17) is 21.1 Å². The Balaban J connectivity index is 1.82. The van der Waals surface area contributed by atoms with E-state index >= 15 is 0 Å². The van der Waals surface area contributed by atoms with Crippen molar-refractivity contribution in [3.05, 3.63) is 58.6 Å². The van der Waals surface area contributed by atoms with Crippen LogP contribution in [0.1, 0.15) is 24.1 Å². The molecule has 3 rings (SSSR count). The van der Waals surface area contributed by atoms with Gasteiger partial charge < -0.3 is 14.8 Å². The van der Waals surface area contributed by atoms with Crippen LogP contribution < -0.4 is 14.8 Å². The lowest BCUT2D eigenvalue weighted by Gasteiger charge is -2.19. The average Bonchev–Trinajstić information content (AvgIpc) is 2.96. The van der Waals surface area contributed by atoms with E-state index in [1.165, 1.54) is 11.1 Å². The van der Waals surface area contributed by atoms with Gasteiger partial charge in [-0.25, -0.2) is 0 Å². The molecule has 1 aliphatic heterocycles. The minimum absolute atomic E-state index is 0.241. The highest BCUT2D eigenvalue weighted by Crippen LogP contribution is 2.34. The first-order chi connectivity index (χ1) is 10.3. The van der Waals surface area contributed by atoms with Crippen LogP contribution >= 0.6 is 11.6 Å². The number of nitrogens with one attached hydrogen (secondary N) is 1. The predicted octanol–water partition coefficient (Wildman–Crippen LogP) is 3.96. The Morgan fingerprint density at radius 2 is 1.86 bits per heavy atom. The third-order valence-corrected chi connectivity index (χ3v) is 3.85. The summed E-state index contributed by atoms with van der Waals surface area (Å²) in [5.41, 5.74) is 2.46. The molecule has 0 aromatic heterocycles. The number of likely N-dealkylation sites (N-methyl/N-ethyl adjacent to an activating group) is 1. The van der Waals surface area contributed by atoms with Crippen molar-refractivity contribution >= 4 is 11.6 Å². The van der Waals surface area contributed by atoms with Gasteiger partial charge in [-0.15, -0.1) is 0 Å². The second kappa shape index (κ2) is 6.37. The zero-order valence-corrected chi connectivity index (χ0v) is 12.7. The monoisotopic (exact) mass is 303 g/mol. The lowest BCUT2D eigenvalue weighted by Crippen LogP contribution is -2.22. The second-order valence-electron chi connectivity index (χ2n) is 5.05. The number of fused-ring (bicyclic) bond motifs is 1. The molecule has 1 aliphatic rings. The van der Waals surface area contributed by atoms with Gasteiger partial charge in [-0.3, -0.25) is 0 Å². The highest BCUT2D eigenvalue weighted by Gasteiger charge is 2.17. The number of ether oxygens (including phenoxy) is 2. The third kappa shape index (κ3) is 3.31. The maximum absolute atomic E-state index is 5.94. The average molecular weight is 304 g/mol. The van der Waals surface area contributed by atoms with Crippen LogP contribution in [0.3, 0.4) is 0 Å². The number of hydrogen-bond donors (Lipinski definition) is 1. The van der Waals surface area contributed by atoms with Gasteiger partial charge in [-0.2, -0.15) is 0 Å². The number of rotatable bonds is 5. The normalized spacial score (nSPS) is 14.2. The molecule has 1 N–H and O–H groups in total. The largest absolute Gasteiger partial charge is 0.454 e. The Hall–Kier alpha value is -1.71. The van der Waals surface area contributed by atoms with E-state index < -0.39 is 0 Å². The minimum atomic E-state index is 0.241. The van der Waals surface area contributed by atoms with Gasteiger partial charge in [0.1, 0.15) is 0 Å². The van der Waals surface area contributed by atoms with E-state index in [9.17, 15) is 0 Å². The van der Waals surface area contributed by atoms with Gasteiger partial charge in [-0.05, 0) is 48.4 Å². The second-order valence-corrected chi connectivity index (χ2v) is 5.49. The summed E-state index contributed by atoms with van der Waals surface area (Å²) in [6.45, 7) is 3.33. The first-order valence-electron chi connectivity index (χ1n) is 7.13. The lowest BCUT2D eigenvalue weighted by molar-refractivity contribution is 0.174. The summed E-state index contributed by atoms with van der Waals surface area (Å²) in [6.07, 6.45) is 0.907. The topological polar surface area (TPSA) is 30.5 Å². The van der Waals surface area contributed by atoms with E-state index in [0.29, 0.717) is 6.79 Å². The van der Waals surface area contributed by atoms with E-state index in [1.807, 2.05) is 18.2 Å². The molecule has 0 radical (unpaired) electrons. The highest BCUT2D eigenvalue weighted by atomic mass is 35.5. The molecule has 21 heavy (non-hydrogen) atoms. The molecule has 0 aliphatic carbocycles. The SMILES string of the molecule is CCNC(Cc1ccc(Cl)cc1)c1ccc2c(c1)OCO2. The minimum Gasteiger partial charge on any atom is -0.454 e. The standard InChI is InChI=1S/C17H18ClNO2/c1-2-19-15(9-12-3-6-14(18)7-4-12)13-5-8-16-17(10-13)21-11-20-16/h3-8,10,15,19H,2,9,11H2,1H3. The van der Waals surface area contributed by atoms with Crippen molar-refractivity contribution in [1.82, 2.24) is 5.32 Å². The summed E-state index contributed by atoms with van der Waals surface area (Å²) in [5, 5.41) is 4.29. The predicted molar refractivity (Wildman–Crippen MR) is 84.1 cm³/mol. The highest BCUT2D eigenvalue weighted by molar-refractivity contribution is 6.30. The molecule has 1 unspecified atom stereocenters. The molecule has 0 saturated carbocycles. The molecule has 0 spiro atoms. The zero-order chi connectivity index (χ0) is 14.7. The van der Waals surface area contributed by atoms with Crippen LogP contribution in [-0.2, 0) is 6.42 Å². The fourth-order valence-electron chi connectivity index (χ4n) is 2.54.